The highest BCUT2D eigenvalue weighted by Gasteiger charge is 2.41. The van der Waals surface area contributed by atoms with Crippen LogP contribution in [0.15, 0.2) is 12.3 Å². The summed E-state index contributed by atoms with van der Waals surface area (Å²) in [6, 6.07) is 1.66. The Kier molecular flexibility index (Phi) is 3.18. The van der Waals surface area contributed by atoms with E-state index in [0.29, 0.717) is 24.3 Å². The van der Waals surface area contributed by atoms with Crippen molar-refractivity contribution in [2.24, 2.45) is 0 Å². The van der Waals surface area contributed by atoms with Gasteiger partial charge >= 0.3 is 0 Å². The highest BCUT2D eigenvalue weighted by molar-refractivity contribution is 6.02. The van der Waals surface area contributed by atoms with Crippen molar-refractivity contribution in [1.82, 2.24) is 15.2 Å². The molecule has 3 N–H and O–H groups in total. The minimum Gasteiger partial charge on any atom is -0.398 e. The van der Waals surface area contributed by atoms with Crippen LogP contribution in [-0.2, 0) is 4.79 Å². The molecular weight excluding hydrogens is 244 g/mol. The number of hydrogen-bond acceptors (Lipinski definition) is 4. The van der Waals surface area contributed by atoms with Crippen LogP contribution in [0.5, 0.6) is 0 Å². The zero-order valence-electron chi connectivity index (χ0n) is 11.4. The number of carbonyl (C=O) groups excluding carboxylic acids is 2. The summed E-state index contributed by atoms with van der Waals surface area (Å²) in [5, 5.41) is 2.75. The number of anilines is 1. The molecule has 19 heavy (non-hydrogen) atoms. The van der Waals surface area contributed by atoms with E-state index in [1.807, 2.05) is 6.92 Å². The lowest BCUT2D eigenvalue weighted by Crippen LogP contribution is -2.63. The first-order chi connectivity index (χ1) is 8.84. The fraction of sp³-hybridized carbons (Fsp3) is 0.462. The van der Waals surface area contributed by atoms with Crippen LogP contribution in [0.25, 0.3) is 0 Å². The first kappa shape index (κ1) is 13.3. The molecule has 0 radical (unpaired) electrons. The van der Waals surface area contributed by atoms with Crippen LogP contribution in [0.2, 0.25) is 0 Å². The molecule has 2 rings (SSSR count). The van der Waals surface area contributed by atoms with Gasteiger partial charge < -0.3 is 16.0 Å². The van der Waals surface area contributed by atoms with Gasteiger partial charge in [-0.1, -0.05) is 0 Å². The maximum Gasteiger partial charge on any atom is 0.258 e. The van der Waals surface area contributed by atoms with Crippen LogP contribution in [0.3, 0.4) is 0 Å². The third-order valence-corrected chi connectivity index (χ3v) is 3.40. The molecule has 0 aliphatic carbocycles. The maximum absolute atomic E-state index is 12.5. The van der Waals surface area contributed by atoms with Gasteiger partial charge in [0.05, 0.1) is 5.56 Å². The third kappa shape index (κ3) is 2.25. The average molecular weight is 262 g/mol. The van der Waals surface area contributed by atoms with E-state index < -0.39 is 5.54 Å². The van der Waals surface area contributed by atoms with Crippen LogP contribution >= 0.6 is 0 Å². The number of aryl methyl sites for hydroxylation is 1. The number of nitrogen functional groups attached to an aromatic ring is 1. The Morgan fingerprint density at radius 3 is 2.84 bits per heavy atom. The summed E-state index contributed by atoms with van der Waals surface area (Å²) in [6.45, 7) is 6.16. The van der Waals surface area contributed by atoms with Crippen LogP contribution < -0.4 is 11.1 Å². The number of carbonyl (C=O) groups is 2. The van der Waals surface area contributed by atoms with E-state index in [9.17, 15) is 9.59 Å². The van der Waals surface area contributed by atoms with Crippen molar-refractivity contribution >= 4 is 17.5 Å². The van der Waals surface area contributed by atoms with Gasteiger partial charge in [-0.3, -0.25) is 14.6 Å². The van der Waals surface area contributed by atoms with Crippen LogP contribution in [0, 0.1) is 6.92 Å². The van der Waals surface area contributed by atoms with E-state index >= 15 is 0 Å². The number of amides is 2. The van der Waals surface area contributed by atoms with Crippen molar-refractivity contribution in [2.75, 3.05) is 18.8 Å². The van der Waals surface area contributed by atoms with E-state index in [2.05, 4.69) is 10.3 Å². The molecule has 1 aliphatic heterocycles. The predicted molar refractivity (Wildman–Crippen MR) is 71.5 cm³/mol. The maximum atomic E-state index is 12.5. The zero-order chi connectivity index (χ0) is 14.2. The molecule has 0 bridgehead atoms. The highest BCUT2D eigenvalue weighted by Crippen LogP contribution is 2.23. The van der Waals surface area contributed by atoms with E-state index in [4.69, 9.17) is 5.73 Å². The van der Waals surface area contributed by atoms with Crippen molar-refractivity contribution in [3.05, 3.63) is 23.5 Å². The van der Waals surface area contributed by atoms with Gasteiger partial charge in [-0.15, -0.1) is 0 Å². The molecule has 0 spiro atoms. The van der Waals surface area contributed by atoms with Crippen LogP contribution in [-0.4, -0.2) is 40.3 Å². The topological polar surface area (TPSA) is 88.3 Å². The second-order valence-electron chi connectivity index (χ2n) is 5.18. The van der Waals surface area contributed by atoms with Gasteiger partial charge in [0.2, 0.25) is 5.91 Å². The summed E-state index contributed by atoms with van der Waals surface area (Å²) < 4.78 is 0. The first-order valence-corrected chi connectivity index (χ1v) is 6.16. The fourth-order valence-electron chi connectivity index (χ4n) is 2.16. The number of aromatic nitrogens is 1. The number of pyridine rings is 1. The molecule has 1 saturated heterocycles. The molecule has 0 atom stereocenters. The molecule has 1 aromatic heterocycles. The van der Waals surface area contributed by atoms with E-state index in [0.717, 1.165) is 5.69 Å². The second-order valence-corrected chi connectivity index (χ2v) is 5.18. The minimum atomic E-state index is -0.882. The summed E-state index contributed by atoms with van der Waals surface area (Å²) in [5.41, 5.74) is 6.47. The molecule has 2 heterocycles. The predicted octanol–water partition coefficient (Wildman–Crippen LogP) is 0.323. The SMILES string of the molecule is Cc1cc(N)c(C(=O)N2CCNC(=O)C2(C)C)cn1. The molecule has 6 nitrogen and oxygen atoms in total. The van der Waals surface area contributed by atoms with Gasteiger partial charge in [0.15, 0.2) is 0 Å². The highest BCUT2D eigenvalue weighted by atomic mass is 16.2. The summed E-state index contributed by atoms with van der Waals surface area (Å²) in [5.74, 6) is -0.421. The van der Waals surface area contributed by atoms with Gasteiger partial charge in [0.1, 0.15) is 5.54 Å². The Morgan fingerprint density at radius 1 is 1.53 bits per heavy atom. The Labute approximate surface area is 112 Å². The van der Waals surface area contributed by atoms with Crippen LogP contribution in [0.1, 0.15) is 29.9 Å². The summed E-state index contributed by atoms with van der Waals surface area (Å²) in [7, 11) is 0. The smallest absolute Gasteiger partial charge is 0.258 e. The fourth-order valence-corrected chi connectivity index (χ4v) is 2.16. The van der Waals surface area contributed by atoms with Crippen LogP contribution in [0.4, 0.5) is 5.69 Å². The standard InChI is InChI=1S/C13H18N4O2/c1-8-6-10(14)9(7-16-8)11(18)17-5-4-15-12(19)13(17,2)3/h6-7H,4-5H2,1-3H3,(H2,14,16)(H,15,19). The molecule has 1 fully saturated rings. The lowest BCUT2D eigenvalue weighted by molar-refractivity contribution is -0.133. The largest absolute Gasteiger partial charge is 0.398 e. The normalized spacial score (nSPS) is 18.1. The zero-order valence-corrected chi connectivity index (χ0v) is 11.4. The Morgan fingerprint density at radius 2 is 2.21 bits per heavy atom. The molecule has 0 saturated carbocycles. The van der Waals surface area contributed by atoms with Crippen molar-refractivity contribution in [1.29, 1.82) is 0 Å². The lowest BCUT2D eigenvalue weighted by Gasteiger charge is -2.41. The molecular formula is C13H18N4O2. The first-order valence-electron chi connectivity index (χ1n) is 6.16. The monoisotopic (exact) mass is 262 g/mol. The lowest BCUT2D eigenvalue weighted by atomic mass is 9.97. The summed E-state index contributed by atoms with van der Waals surface area (Å²) >= 11 is 0. The molecule has 2 amide bonds. The van der Waals surface area contributed by atoms with Gasteiger partial charge in [0, 0.05) is 30.7 Å². The summed E-state index contributed by atoms with van der Waals surface area (Å²) in [6.07, 6.45) is 1.47. The average Bonchev–Trinajstić information content (AvgIpc) is 2.32. The second kappa shape index (κ2) is 4.53. The van der Waals surface area contributed by atoms with Gasteiger partial charge in [0.25, 0.3) is 5.91 Å². The number of nitrogens with zero attached hydrogens (tertiary/aromatic N) is 2. The Hall–Kier alpha value is -2.11. The van der Waals surface area contributed by atoms with E-state index in [-0.39, 0.29) is 11.8 Å². The Balaban J connectivity index is 2.35. The molecule has 1 aliphatic rings. The van der Waals surface area contributed by atoms with Gasteiger partial charge in [-0.25, -0.2) is 0 Å². The molecule has 0 aromatic carbocycles. The van der Waals surface area contributed by atoms with E-state index in [1.54, 1.807) is 19.9 Å². The van der Waals surface area contributed by atoms with Crippen molar-refractivity contribution in [3.63, 3.8) is 0 Å². The Bertz CT molecular complexity index is 539. The van der Waals surface area contributed by atoms with Crippen molar-refractivity contribution in [2.45, 2.75) is 26.3 Å². The van der Waals surface area contributed by atoms with Crippen molar-refractivity contribution in [3.8, 4) is 0 Å². The molecule has 0 unspecified atom stereocenters. The number of hydrogen-bond donors (Lipinski definition) is 2. The third-order valence-electron chi connectivity index (χ3n) is 3.40. The van der Waals surface area contributed by atoms with Gasteiger partial charge in [-0.2, -0.15) is 0 Å². The van der Waals surface area contributed by atoms with E-state index in [1.165, 1.54) is 11.1 Å². The molecule has 1 aromatic rings. The quantitative estimate of drug-likeness (QED) is 0.763. The number of piperazine rings is 1. The minimum absolute atomic E-state index is 0.161. The number of nitrogens with two attached hydrogens (primary N) is 1. The molecule has 6 heteroatoms. The summed E-state index contributed by atoms with van der Waals surface area (Å²) in [4.78, 5) is 30.0. The number of nitrogens with one attached hydrogen (secondary N) is 1. The van der Waals surface area contributed by atoms with Crippen molar-refractivity contribution < 1.29 is 9.59 Å². The van der Waals surface area contributed by atoms with Gasteiger partial charge in [-0.05, 0) is 26.8 Å². The molecule has 102 valence electrons. The number of rotatable bonds is 1.